The molecule has 0 saturated carbocycles. The average molecular weight is 497 g/mol. The molecule has 0 radical (unpaired) electrons. The molecule has 0 spiro atoms. The van der Waals surface area contributed by atoms with Crippen LogP contribution in [0.25, 0.3) is 6.08 Å². The van der Waals surface area contributed by atoms with Crippen molar-refractivity contribution in [2.45, 2.75) is 13.5 Å². The molecule has 178 valence electrons. The standard InChI is InChI=1S/C25H18ClFN2O6/c1-2-33-23-12-15(6-9-22(23)34-14-16-4-3-5-17(27)10-16)11-21-25(30)35-24(28-21)19-8-7-18(29(31)32)13-20(19)26/h3-13H,2,14H2,1H3/b21-11-. The van der Waals surface area contributed by atoms with E-state index in [0.717, 1.165) is 6.07 Å². The van der Waals surface area contributed by atoms with Crippen LogP contribution in [0.4, 0.5) is 10.1 Å². The molecule has 0 saturated heterocycles. The van der Waals surface area contributed by atoms with Gasteiger partial charge in [0.1, 0.15) is 12.4 Å². The number of nitro groups is 1. The summed E-state index contributed by atoms with van der Waals surface area (Å²) in [5, 5.41) is 10.9. The highest BCUT2D eigenvalue weighted by Crippen LogP contribution is 2.32. The van der Waals surface area contributed by atoms with E-state index < -0.39 is 10.9 Å². The minimum Gasteiger partial charge on any atom is -0.490 e. The Morgan fingerprint density at radius 2 is 1.94 bits per heavy atom. The van der Waals surface area contributed by atoms with E-state index >= 15 is 0 Å². The van der Waals surface area contributed by atoms with Gasteiger partial charge in [0, 0.05) is 12.1 Å². The lowest BCUT2D eigenvalue weighted by Gasteiger charge is -2.13. The number of non-ortho nitro benzene ring substituents is 1. The first-order chi connectivity index (χ1) is 16.8. The molecule has 1 aliphatic heterocycles. The van der Waals surface area contributed by atoms with E-state index in [1.807, 2.05) is 6.92 Å². The van der Waals surface area contributed by atoms with E-state index in [9.17, 15) is 19.3 Å². The van der Waals surface area contributed by atoms with Crippen LogP contribution in [0.5, 0.6) is 11.5 Å². The van der Waals surface area contributed by atoms with Crippen LogP contribution in [0.2, 0.25) is 5.02 Å². The molecule has 0 fully saturated rings. The number of rotatable bonds is 8. The molecule has 4 rings (SSSR count). The van der Waals surface area contributed by atoms with Crippen LogP contribution in [-0.4, -0.2) is 23.4 Å². The molecule has 3 aromatic carbocycles. The number of ether oxygens (including phenoxy) is 3. The van der Waals surface area contributed by atoms with Crippen LogP contribution in [-0.2, 0) is 16.1 Å². The highest BCUT2D eigenvalue weighted by Gasteiger charge is 2.26. The molecule has 1 aliphatic rings. The summed E-state index contributed by atoms with van der Waals surface area (Å²) < 4.78 is 30.1. The van der Waals surface area contributed by atoms with Gasteiger partial charge < -0.3 is 14.2 Å². The highest BCUT2D eigenvalue weighted by molar-refractivity contribution is 6.34. The van der Waals surface area contributed by atoms with Crippen molar-refractivity contribution in [3.05, 3.63) is 104 Å². The maximum Gasteiger partial charge on any atom is 0.363 e. The normalized spacial score (nSPS) is 14.0. The Hall–Kier alpha value is -4.24. The maximum absolute atomic E-state index is 13.4. The molecule has 1 heterocycles. The average Bonchev–Trinajstić information content (AvgIpc) is 3.18. The Bertz CT molecular complexity index is 1370. The number of cyclic esters (lactones) is 1. The number of aliphatic imine (C=N–C) groups is 1. The lowest BCUT2D eigenvalue weighted by Crippen LogP contribution is -2.06. The zero-order valence-electron chi connectivity index (χ0n) is 18.4. The first-order valence-electron chi connectivity index (χ1n) is 10.4. The van der Waals surface area contributed by atoms with E-state index in [1.54, 1.807) is 30.3 Å². The van der Waals surface area contributed by atoms with Crippen molar-refractivity contribution in [1.82, 2.24) is 0 Å². The number of nitrogens with zero attached hydrogens (tertiary/aromatic N) is 2. The van der Waals surface area contributed by atoms with Gasteiger partial charge >= 0.3 is 5.97 Å². The monoisotopic (exact) mass is 496 g/mol. The minimum absolute atomic E-state index is 0.0188. The van der Waals surface area contributed by atoms with Gasteiger partial charge in [-0.15, -0.1) is 0 Å². The largest absolute Gasteiger partial charge is 0.490 e. The Morgan fingerprint density at radius 1 is 1.11 bits per heavy atom. The zero-order chi connectivity index (χ0) is 24.9. The fourth-order valence-corrected chi connectivity index (χ4v) is 3.52. The van der Waals surface area contributed by atoms with Gasteiger partial charge in [-0.1, -0.05) is 29.8 Å². The van der Waals surface area contributed by atoms with E-state index in [1.165, 1.54) is 30.3 Å². The molecule has 3 aromatic rings. The zero-order valence-corrected chi connectivity index (χ0v) is 19.1. The first-order valence-corrected chi connectivity index (χ1v) is 10.8. The van der Waals surface area contributed by atoms with Crippen molar-refractivity contribution >= 4 is 35.2 Å². The van der Waals surface area contributed by atoms with Crippen LogP contribution in [0.3, 0.4) is 0 Å². The van der Waals surface area contributed by atoms with Gasteiger partial charge in [0.2, 0.25) is 5.90 Å². The molecular formula is C25H18ClFN2O6. The van der Waals surface area contributed by atoms with Crippen LogP contribution in [0.15, 0.2) is 71.4 Å². The minimum atomic E-state index is -0.696. The van der Waals surface area contributed by atoms with Gasteiger partial charge in [0.25, 0.3) is 5.69 Å². The summed E-state index contributed by atoms with van der Waals surface area (Å²) in [4.78, 5) is 26.9. The Morgan fingerprint density at radius 3 is 2.66 bits per heavy atom. The third kappa shape index (κ3) is 5.64. The summed E-state index contributed by atoms with van der Waals surface area (Å²) in [5.74, 6) is -0.210. The van der Waals surface area contributed by atoms with Gasteiger partial charge in [-0.3, -0.25) is 10.1 Å². The predicted molar refractivity (Wildman–Crippen MR) is 127 cm³/mol. The molecule has 0 N–H and O–H groups in total. The van der Waals surface area contributed by atoms with Crippen molar-refractivity contribution in [2.24, 2.45) is 4.99 Å². The summed E-state index contributed by atoms with van der Waals surface area (Å²) in [6.45, 7) is 2.34. The van der Waals surface area contributed by atoms with Gasteiger partial charge in [-0.25, -0.2) is 14.2 Å². The van der Waals surface area contributed by atoms with Crippen molar-refractivity contribution in [2.75, 3.05) is 6.61 Å². The van der Waals surface area contributed by atoms with Crippen molar-refractivity contribution < 1.29 is 28.3 Å². The SMILES string of the molecule is CCOc1cc(/C=C2\N=C(c3ccc([N+](=O)[O-])cc3Cl)OC2=O)ccc1OCc1cccc(F)c1. The number of hydrogen-bond donors (Lipinski definition) is 0. The third-order valence-electron chi connectivity index (χ3n) is 4.87. The van der Waals surface area contributed by atoms with E-state index in [4.69, 9.17) is 25.8 Å². The molecule has 0 atom stereocenters. The fraction of sp³-hybridized carbons (Fsp3) is 0.120. The smallest absolute Gasteiger partial charge is 0.363 e. The topological polar surface area (TPSA) is 100 Å². The fourth-order valence-electron chi connectivity index (χ4n) is 3.26. The molecule has 35 heavy (non-hydrogen) atoms. The number of nitro benzene ring substituents is 1. The van der Waals surface area contributed by atoms with Gasteiger partial charge in [0.15, 0.2) is 17.2 Å². The number of halogens is 2. The van der Waals surface area contributed by atoms with E-state index in [-0.39, 0.29) is 40.3 Å². The van der Waals surface area contributed by atoms with Gasteiger partial charge in [-0.2, -0.15) is 0 Å². The molecule has 0 amide bonds. The summed E-state index contributed by atoms with van der Waals surface area (Å²) in [7, 11) is 0. The Kier molecular flexibility index (Phi) is 7.07. The van der Waals surface area contributed by atoms with E-state index in [2.05, 4.69) is 4.99 Å². The summed E-state index contributed by atoms with van der Waals surface area (Å²) in [6, 6.07) is 14.9. The van der Waals surface area contributed by atoms with Crippen LogP contribution < -0.4 is 9.47 Å². The summed E-state index contributed by atoms with van der Waals surface area (Å²) >= 11 is 6.12. The maximum atomic E-state index is 13.4. The molecular weight excluding hydrogens is 479 g/mol. The quantitative estimate of drug-likeness (QED) is 0.171. The number of benzene rings is 3. The molecule has 0 bridgehead atoms. The summed E-state index contributed by atoms with van der Waals surface area (Å²) in [5.41, 5.74) is 1.34. The predicted octanol–water partition coefficient (Wildman–Crippen LogP) is 5.71. The Labute approximate surface area is 204 Å². The molecule has 0 unspecified atom stereocenters. The highest BCUT2D eigenvalue weighted by atomic mass is 35.5. The van der Waals surface area contributed by atoms with E-state index in [0.29, 0.717) is 29.2 Å². The second kappa shape index (κ2) is 10.4. The van der Waals surface area contributed by atoms with Crippen molar-refractivity contribution in [1.29, 1.82) is 0 Å². The number of carbonyl (C=O) groups excluding carboxylic acids is 1. The molecule has 0 aromatic heterocycles. The molecule has 0 aliphatic carbocycles. The van der Waals surface area contributed by atoms with Crippen LogP contribution >= 0.6 is 11.6 Å². The second-order valence-corrected chi connectivity index (χ2v) is 7.72. The number of carbonyl (C=O) groups is 1. The van der Waals surface area contributed by atoms with Gasteiger partial charge in [0.05, 0.1) is 22.1 Å². The van der Waals surface area contributed by atoms with Crippen LogP contribution in [0.1, 0.15) is 23.6 Å². The van der Waals surface area contributed by atoms with Crippen molar-refractivity contribution in [3.63, 3.8) is 0 Å². The van der Waals surface area contributed by atoms with Crippen molar-refractivity contribution in [3.8, 4) is 11.5 Å². The molecule has 8 nitrogen and oxygen atoms in total. The molecule has 10 heteroatoms. The Balaban J connectivity index is 1.57. The van der Waals surface area contributed by atoms with Gasteiger partial charge in [-0.05, 0) is 54.5 Å². The van der Waals surface area contributed by atoms with Crippen LogP contribution in [0, 0.1) is 15.9 Å². The lowest BCUT2D eigenvalue weighted by molar-refractivity contribution is -0.384. The third-order valence-corrected chi connectivity index (χ3v) is 5.18. The second-order valence-electron chi connectivity index (χ2n) is 7.32. The first kappa shape index (κ1) is 23.9. The number of hydrogen-bond acceptors (Lipinski definition) is 7. The number of esters is 1. The summed E-state index contributed by atoms with van der Waals surface area (Å²) in [6.07, 6.45) is 1.51. The lowest BCUT2D eigenvalue weighted by atomic mass is 10.1.